The molecule has 0 aromatic carbocycles. The lowest BCUT2D eigenvalue weighted by molar-refractivity contribution is 0.740. The summed E-state index contributed by atoms with van der Waals surface area (Å²) in [6, 6.07) is 0. The molecule has 0 spiro atoms. The Morgan fingerprint density at radius 3 is 2.93 bits per heavy atom. The van der Waals surface area contributed by atoms with Gasteiger partial charge in [-0.05, 0) is 19.1 Å². The lowest BCUT2D eigenvalue weighted by atomic mass is 10.4. The topological polar surface area (TPSA) is 54.8 Å². The minimum atomic E-state index is 0.690. The van der Waals surface area contributed by atoms with E-state index in [4.69, 9.17) is 12.2 Å². The van der Waals surface area contributed by atoms with Crippen LogP contribution in [0.4, 0.5) is 0 Å². The summed E-state index contributed by atoms with van der Waals surface area (Å²) in [5.74, 6) is 0.955. The van der Waals surface area contributed by atoms with Gasteiger partial charge in [0.1, 0.15) is 12.2 Å². The molecule has 0 bridgehead atoms. The van der Waals surface area contributed by atoms with E-state index in [0.717, 1.165) is 25.3 Å². The second-order valence-electron chi connectivity index (χ2n) is 2.89. The summed E-state index contributed by atoms with van der Waals surface area (Å²) < 4.78 is 1.90. The molecule has 0 atom stereocenters. The monoisotopic (exact) mass is 213 g/mol. The van der Waals surface area contributed by atoms with Crippen LogP contribution in [0.3, 0.4) is 0 Å². The van der Waals surface area contributed by atoms with Gasteiger partial charge in [-0.2, -0.15) is 0 Å². The normalized spacial score (nSPS) is 9.86. The van der Waals surface area contributed by atoms with E-state index in [2.05, 4.69) is 20.8 Å². The van der Waals surface area contributed by atoms with Crippen LogP contribution in [0.5, 0.6) is 0 Å². The van der Waals surface area contributed by atoms with Gasteiger partial charge in [-0.15, -0.1) is 10.2 Å². The summed E-state index contributed by atoms with van der Waals surface area (Å²) in [6.07, 6.45) is 2.51. The van der Waals surface area contributed by atoms with E-state index < -0.39 is 0 Å². The second kappa shape index (κ2) is 5.54. The van der Waals surface area contributed by atoms with E-state index in [-0.39, 0.29) is 0 Å². The highest BCUT2D eigenvalue weighted by Gasteiger charge is 1.99. The quantitative estimate of drug-likeness (QED) is 0.681. The molecule has 6 heteroatoms. The van der Waals surface area contributed by atoms with Crippen LogP contribution >= 0.6 is 12.2 Å². The van der Waals surface area contributed by atoms with Crippen molar-refractivity contribution in [2.45, 2.75) is 13.3 Å². The van der Waals surface area contributed by atoms with Crippen LogP contribution in [0.1, 0.15) is 12.7 Å². The summed E-state index contributed by atoms with van der Waals surface area (Å²) in [4.78, 5) is 0. The molecule has 0 amide bonds. The first-order valence-corrected chi connectivity index (χ1v) is 4.99. The van der Waals surface area contributed by atoms with Gasteiger partial charge in [-0.25, -0.2) is 0 Å². The van der Waals surface area contributed by atoms with E-state index in [1.54, 1.807) is 6.33 Å². The van der Waals surface area contributed by atoms with E-state index in [9.17, 15) is 0 Å². The predicted octanol–water partition coefficient (Wildman–Crippen LogP) is -0.158. The van der Waals surface area contributed by atoms with Crippen molar-refractivity contribution in [3.8, 4) is 0 Å². The third-order valence-electron chi connectivity index (χ3n) is 1.78. The van der Waals surface area contributed by atoms with Gasteiger partial charge in [0.25, 0.3) is 0 Å². The summed E-state index contributed by atoms with van der Waals surface area (Å²) in [5.41, 5.74) is 0. The summed E-state index contributed by atoms with van der Waals surface area (Å²) in [6.45, 7) is 3.63. The Kier molecular flexibility index (Phi) is 4.31. The summed E-state index contributed by atoms with van der Waals surface area (Å²) in [5, 5.41) is 14.6. The Bertz CT molecular complexity index is 296. The molecule has 0 fully saturated rings. The van der Waals surface area contributed by atoms with Gasteiger partial charge in [0, 0.05) is 26.6 Å². The predicted molar refractivity (Wildman–Crippen MR) is 59.0 cm³/mol. The van der Waals surface area contributed by atoms with Crippen LogP contribution in [-0.4, -0.2) is 33.0 Å². The number of nitrogens with one attached hydrogen (secondary N) is 2. The Morgan fingerprint density at radius 2 is 2.36 bits per heavy atom. The first-order chi connectivity index (χ1) is 6.74. The third-order valence-corrected chi connectivity index (χ3v) is 2.07. The highest BCUT2D eigenvalue weighted by Crippen LogP contribution is 1.90. The first kappa shape index (κ1) is 10.9. The van der Waals surface area contributed by atoms with Gasteiger partial charge in [0.15, 0.2) is 5.11 Å². The molecule has 5 nitrogen and oxygen atoms in total. The SMILES string of the molecule is CCNC(=S)NCCc1nncn1C. The van der Waals surface area contributed by atoms with Crippen molar-refractivity contribution in [3.05, 3.63) is 12.2 Å². The molecule has 2 N–H and O–H groups in total. The number of aryl methyl sites for hydroxylation is 1. The van der Waals surface area contributed by atoms with Gasteiger partial charge in [0.2, 0.25) is 0 Å². The molecular formula is C8H15N5S. The molecular weight excluding hydrogens is 198 g/mol. The largest absolute Gasteiger partial charge is 0.363 e. The first-order valence-electron chi connectivity index (χ1n) is 4.58. The minimum absolute atomic E-state index is 0.690. The van der Waals surface area contributed by atoms with E-state index in [1.807, 2.05) is 18.5 Å². The molecule has 14 heavy (non-hydrogen) atoms. The van der Waals surface area contributed by atoms with Crippen molar-refractivity contribution in [2.75, 3.05) is 13.1 Å². The van der Waals surface area contributed by atoms with E-state index in [0.29, 0.717) is 5.11 Å². The molecule has 0 aliphatic rings. The fourth-order valence-corrected chi connectivity index (χ4v) is 1.29. The Morgan fingerprint density at radius 1 is 1.57 bits per heavy atom. The number of rotatable bonds is 4. The zero-order valence-corrected chi connectivity index (χ0v) is 9.27. The van der Waals surface area contributed by atoms with Crippen molar-refractivity contribution < 1.29 is 0 Å². The van der Waals surface area contributed by atoms with E-state index in [1.165, 1.54) is 0 Å². The Labute approximate surface area is 88.9 Å². The molecule has 0 radical (unpaired) electrons. The van der Waals surface area contributed by atoms with Crippen LogP contribution in [0.25, 0.3) is 0 Å². The summed E-state index contributed by atoms with van der Waals surface area (Å²) in [7, 11) is 1.93. The van der Waals surface area contributed by atoms with Crippen molar-refractivity contribution in [1.29, 1.82) is 0 Å². The molecule has 0 saturated carbocycles. The zero-order chi connectivity index (χ0) is 10.4. The van der Waals surface area contributed by atoms with Crippen molar-refractivity contribution >= 4 is 17.3 Å². The number of nitrogens with zero attached hydrogens (tertiary/aromatic N) is 3. The highest BCUT2D eigenvalue weighted by atomic mass is 32.1. The standard InChI is InChI=1S/C8H15N5S/c1-3-9-8(14)10-5-4-7-12-11-6-13(7)2/h6H,3-5H2,1-2H3,(H2,9,10,14). The number of thiocarbonyl (C=S) groups is 1. The van der Waals surface area contributed by atoms with Crippen LogP contribution in [0, 0.1) is 0 Å². The number of aromatic nitrogens is 3. The minimum Gasteiger partial charge on any atom is -0.363 e. The van der Waals surface area contributed by atoms with Crippen molar-refractivity contribution in [1.82, 2.24) is 25.4 Å². The van der Waals surface area contributed by atoms with Crippen molar-refractivity contribution in [3.63, 3.8) is 0 Å². The fraction of sp³-hybridized carbons (Fsp3) is 0.625. The molecule has 1 aromatic rings. The fourth-order valence-electron chi connectivity index (χ4n) is 1.04. The summed E-state index contributed by atoms with van der Waals surface area (Å²) >= 11 is 5.02. The maximum Gasteiger partial charge on any atom is 0.166 e. The molecule has 0 unspecified atom stereocenters. The highest BCUT2D eigenvalue weighted by molar-refractivity contribution is 7.80. The zero-order valence-electron chi connectivity index (χ0n) is 8.45. The van der Waals surface area contributed by atoms with Crippen LogP contribution in [0.2, 0.25) is 0 Å². The molecule has 0 saturated heterocycles. The average molecular weight is 213 g/mol. The van der Waals surface area contributed by atoms with Gasteiger partial charge < -0.3 is 15.2 Å². The van der Waals surface area contributed by atoms with Crippen LogP contribution in [-0.2, 0) is 13.5 Å². The molecule has 1 heterocycles. The lowest BCUT2D eigenvalue weighted by Gasteiger charge is -2.07. The van der Waals surface area contributed by atoms with E-state index >= 15 is 0 Å². The van der Waals surface area contributed by atoms with Crippen LogP contribution < -0.4 is 10.6 Å². The molecule has 78 valence electrons. The molecule has 0 aliphatic carbocycles. The second-order valence-corrected chi connectivity index (χ2v) is 3.30. The smallest absolute Gasteiger partial charge is 0.166 e. The average Bonchev–Trinajstić information content (AvgIpc) is 2.52. The third kappa shape index (κ3) is 3.29. The lowest BCUT2D eigenvalue weighted by Crippen LogP contribution is -2.36. The van der Waals surface area contributed by atoms with Gasteiger partial charge >= 0.3 is 0 Å². The van der Waals surface area contributed by atoms with Gasteiger partial charge in [0.05, 0.1) is 0 Å². The molecule has 0 aliphatic heterocycles. The molecule has 1 rings (SSSR count). The Balaban J connectivity index is 2.22. The number of hydrogen-bond acceptors (Lipinski definition) is 3. The van der Waals surface area contributed by atoms with Crippen LogP contribution in [0.15, 0.2) is 6.33 Å². The maximum atomic E-state index is 5.02. The molecule has 1 aromatic heterocycles. The maximum absolute atomic E-state index is 5.02. The van der Waals surface area contributed by atoms with Gasteiger partial charge in [-0.1, -0.05) is 0 Å². The van der Waals surface area contributed by atoms with Gasteiger partial charge in [-0.3, -0.25) is 0 Å². The van der Waals surface area contributed by atoms with Crippen molar-refractivity contribution in [2.24, 2.45) is 7.05 Å². The number of hydrogen-bond donors (Lipinski definition) is 2. The Hall–Kier alpha value is -1.17.